The zero-order valence-electron chi connectivity index (χ0n) is 20.0. The Morgan fingerprint density at radius 2 is 1.97 bits per heavy atom. The predicted molar refractivity (Wildman–Crippen MR) is 138 cm³/mol. The maximum Gasteiger partial charge on any atom is 0.254 e. The summed E-state index contributed by atoms with van der Waals surface area (Å²) in [7, 11) is 0. The average Bonchev–Trinajstić information content (AvgIpc) is 3.20. The number of amides is 2. The van der Waals surface area contributed by atoms with Crippen molar-refractivity contribution >= 4 is 29.4 Å². The van der Waals surface area contributed by atoms with E-state index >= 15 is 0 Å². The summed E-state index contributed by atoms with van der Waals surface area (Å²) in [5.41, 5.74) is 3.85. The van der Waals surface area contributed by atoms with E-state index in [0.717, 1.165) is 29.5 Å². The largest absolute Gasteiger partial charge is 0.381 e. The highest BCUT2D eigenvalue weighted by atomic mass is 35.5. The molecule has 0 bridgehead atoms. The van der Waals surface area contributed by atoms with E-state index in [4.69, 9.17) is 16.3 Å². The van der Waals surface area contributed by atoms with Gasteiger partial charge in [0.15, 0.2) is 0 Å². The summed E-state index contributed by atoms with van der Waals surface area (Å²) >= 11 is 6.47. The van der Waals surface area contributed by atoms with Crippen LogP contribution in [0.25, 0.3) is 11.3 Å². The van der Waals surface area contributed by atoms with Gasteiger partial charge < -0.3 is 20.3 Å². The average molecular weight is 506 g/mol. The van der Waals surface area contributed by atoms with Crippen molar-refractivity contribution in [3.05, 3.63) is 76.4 Å². The third kappa shape index (κ3) is 5.34. The van der Waals surface area contributed by atoms with Crippen molar-refractivity contribution in [3.63, 3.8) is 0 Å². The lowest BCUT2D eigenvalue weighted by Crippen LogP contribution is -2.37. The molecule has 2 aliphatic rings. The van der Waals surface area contributed by atoms with Gasteiger partial charge in [0, 0.05) is 50.4 Å². The lowest BCUT2D eigenvalue weighted by molar-refractivity contribution is -0.119. The Kier molecular flexibility index (Phi) is 7.16. The minimum atomic E-state index is -0.295. The van der Waals surface area contributed by atoms with Crippen LogP contribution in [-0.2, 0) is 16.1 Å². The number of hydrogen-bond acceptors (Lipinski definition) is 6. The Balaban J connectivity index is 1.36. The van der Waals surface area contributed by atoms with E-state index in [-0.39, 0.29) is 23.9 Å². The summed E-state index contributed by atoms with van der Waals surface area (Å²) in [5.74, 6) is 0.290. The second-order valence-electron chi connectivity index (χ2n) is 9.14. The van der Waals surface area contributed by atoms with Crippen molar-refractivity contribution in [1.29, 1.82) is 0 Å². The number of nitrogens with zero attached hydrogens (tertiary/aromatic N) is 3. The van der Waals surface area contributed by atoms with Gasteiger partial charge in [-0.15, -0.1) is 0 Å². The molecule has 1 aromatic heterocycles. The molecule has 0 radical (unpaired) electrons. The van der Waals surface area contributed by atoms with Crippen LogP contribution in [0.4, 0.5) is 5.95 Å². The Morgan fingerprint density at radius 3 is 2.72 bits per heavy atom. The van der Waals surface area contributed by atoms with Crippen LogP contribution in [0.5, 0.6) is 0 Å². The number of hydrogen-bond donors (Lipinski definition) is 2. The van der Waals surface area contributed by atoms with Crippen molar-refractivity contribution in [1.82, 2.24) is 20.2 Å². The van der Waals surface area contributed by atoms with Gasteiger partial charge in [0.2, 0.25) is 11.9 Å². The summed E-state index contributed by atoms with van der Waals surface area (Å²) in [4.78, 5) is 36.0. The Labute approximate surface area is 215 Å². The first-order valence-electron chi connectivity index (χ1n) is 12.1. The molecule has 36 heavy (non-hydrogen) atoms. The lowest BCUT2D eigenvalue weighted by Gasteiger charge is -2.24. The number of carbonyl (C=O) groups is 2. The van der Waals surface area contributed by atoms with Gasteiger partial charge in [0.25, 0.3) is 5.91 Å². The highest BCUT2D eigenvalue weighted by Crippen LogP contribution is 2.32. The van der Waals surface area contributed by atoms with Crippen LogP contribution in [0.1, 0.15) is 47.3 Å². The summed E-state index contributed by atoms with van der Waals surface area (Å²) in [6.07, 6.45) is 3.38. The van der Waals surface area contributed by atoms with Gasteiger partial charge in [0.05, 0.1) is 23.0 Å². The maximum atomic E-state index is 13.4. The second-order valence-corrected chi connectivity index (χ2v) is 9.55. The molecule has 0 saturated carbocycles. The molecular weight excluding hydrogens is 478 g/mol. The fourth-order valence-corrected chi connectivity index (χ4v) is 4.91. The summed E-state index contributed by atoms with van der Waals surface area (Å²) in [6.45, 7) is 3.77. The number of aromatic nitrogens is 2. The number of nitrogens with one attached hydrogen (secondary N) is 2. The van der Waals surface area contributed by atoms with Crippen LogP contribution in [0.3, 0.4) is 0 Å². The molecule has 0 spiro atoms. The van der Waals surface area contributed by atoms with Crippen LogP contribution < -0.4 is 10.6 Å². The molecule has 3 heterocycles. The summed E-state index contributed by atoms with van der Waals surface area (Å²) in [6, 6.07) is 15.4. The third-order valence-electron chi connectivity index (χ3n) is 6.54. The molecule has 5 rings (SSSR count). The topological polar surface area (TPSA) is 96.5 Å². The SMILES string of the molecule is CC(=O)N[C@@H](CN1Cc2ccc(-c3nc(NC4CCOCC4)ncc3Cl)cc2C1=O)c1ccccc1. The standard InChI is InChI=1S/C27H28ClN5O3/c1-17(34)30-24(18-5-3-2-4-6-18)16-33-15-20-8-7-19(13-22(20)26(33)35)25-23(28)14-29-27(32-25)31-21-9-11-36-12-10-21/h2-8,13-14,21,24H,9-12,15-16H2,1H3,(H,30,34)(H,29,31,32)/t24-/m0/s1. The van der Waals surface area contributed by atoms with E-state index in [2.05, 4.69) is 20.6 Å². The molecule has 0 unspecified atom stereocenters. The molecule has 0 aliphatic carbocycles. The zero-order chi connectivity index (χ0) is 25.1. The van der Waals surface area contributed by atoms with Crippen LogP contribution in [-0.4, -0.2) is 52.5 Å². The third-order valence-corrected chi connectivity index (χ3v) is 6.82. The van der Waals surface area contributed by atoms with Crippen molar-refractivity contribution in [2.75, 3.05) is 25.1 Å². The van der Waals surface area contributed by atoms with Crippen LogP contribution >= 0.6 is 11.6 Å². The number of rotatable bonds is 7. The molecular formula is C27H28ClN5O3. The highest BCUT2D eigenvalue weighted by molar-refractivity contribution is 6.33. The van der Waals surface area contributed by atoms with Gasteiger partial charge in [-0.05, 0) is 30.0 Å². The van der Waals surface area contributed by atoms with E-state index in [9.17, 15) is 9.59 Å². The molecule has 8 nitrogen and oxygen atoms in total. The quantitative estimate of drug-likeness (QED) is 0.499. The summed E-state index contributed by atoms with van der Waals surface area (Å²) < 4.78 is 5.42. The van der Waals surface area contributed by atoms with E-state index in [1.54, 1.807) is 11.1 Å². The van der Waals surface area contributed by atoms with E-state index in [0.29, 0.717) is 48.5 Å². The molecule has 2 aromatic carbocycles. The fourth-order valence-electron chi connectivity index (χ4n) is 4.71. The molecule has 3 aromatic rings. The molecule has 1 atom stereocenters. The van der Waals surface area contributed by atoms with Crippen molar-refractivity contribution in [2.45, 2.75) is 38.4 Å². The predicted octanol–water partition coefficient (Wildman–Crippen LogP) is 4.22. The van der Waals surface area contributed by atoms with Gasteiger partial charge in [-0.1, -0.05) is 54.1 Å². The van der Waals surface area contributed by atoms with Gasteiger partial charge in [-0.2, -0.15) is 0 Å². The van der Waals surface area contributed by atoms with Crippen LogP contribution in [0.2, 0.25) is 5.02 Å². The van der Waals surface area contributed by atoms with E-state index in [1.807, 2.05) is 48.5 Å². The van der Waals surface area contributed by atoms with Crippen molar-refractivity contribution in [3.8, 4) is 11.3 Å². The van der Waals surface area contributed by atoms with Crippen molar-refractivity contribution < 1.29 is 14.3 Å². The molecule has 1 fully saturated rings. The monoisotopic (exact) mass is 505 g/mol. The number of anilines is 1. The fraction of sp³-hybridized carbons (Fsp3) is 0.333. The first-order chi connectivity index (χ1) is 17.5. The van der Waals surface area contributed by atoms with Gasteiger partial charge in [-0.25, -0.2) is 9.97 Å². The first kappa shape index (κ1) is 24.2. The molecule has 1 saturated heterocycles. The maximum absolute atomic E-state index is 13.4. The number of halogens is 1. The van der Waals surface area contributed by atoms with Gasteiger partial charge >= 0.3 is 0 Å². The highest BCUT2D eigenvalue weighted by Gasteiger charge is 2.30. The minimum absolute atomic E-state index is 0.0798. The number of benzene rings is 2. The smallest absolute Gasteiger partial charge is 0.254 e. The molecule has 9 heteroatoms. The molecule has 186 valence electrons. The van der Waals surface area contributed by atoms with Gasteiger partial charge in [-0.3, -0.25) is 9.59 Å². The first-order valence-corrected chi connectivity index (χ1v) is 12.5. The molecule has 2 aliphatic heterocycles. The van der Waals surface area contributed by atoms with Crippen LogP contribution in [0.15, 0.2) is 54.7 Å². The number of ether oxygens (including phenoxy) is 1. The Hall–Kier alpha value is -3.49. The Morgan fingerprint density at radius 1 is 1.19 bits per heavy atom. The van der Waals surface area contributed by atoms with Gasteiger partial charge in [0.1, 0.15) is 0 Å². The second kappa shape index (κ2) is 10.6. The molecule has 2 N–H and O–H groups in total. The molecule has 2 amide bonds. The normalized spacial score (nSPS) is 16.5. The minimum Gasteiger partial charge on any atom is -0.381 e. The summed E-state index contributed by atoms with van der Waals surface area (Å²) in [5, 5.41) is 6.76. The van der Waals surface area contributed by atoms with E-state index < -0.39 is 0 Å². The van der Waals surface area contributed by atoms with Crippen LogP contribution in [0, 0.1) is 0 Å². The lowest BCUT2D eigenvalue weighted by atomic mass is 10.0. The Bertz CT molecular complexity index is 1260. The van der Waals surface area contributed by atoms with Crippen molar-refractivity contribution in [2.24, 2.45) is 0 Å². The zero-order valence-corrected chi connectivity index (χ0v) is 20.8. The number of fused-ring (bicyclic) bond motifs is 1. The number of carbonyl (C=O) groups excluding carboxylic acids is 2. The van der Waals surface area contributed by atoms with E-state index in [1.165, 1.54) is 6.92 Å².